The summed E-state index contributed by atoms with van der Waals surface area (Å²) in [7, 11) is 1.53. The van der Waals surface area contributed by atoms with Gasteiger partial charge in [0.25, 0.3) is 0 Å². The van der Waals surface area contributed by atoms with Crippen molar-refractivity contribution in [3.05, 3.63) is 42.2 Å². The standard InChI is InChI=1S/C14H18FN3O/c1-4-8-18-13(16)17-9-14(18,2)12-10(15)6-5-7-11(12)19-3/h4-7H,1,8-9H2,2-3H3,(H2,16,17). The molecule has 0 spiro atoms. The van der Waals surface area contributed by atoms with Crippen LogP contribution >= 0.6 is 0 Å². The number of nitrogens with two attached hydrogens (primary N) is 1. The number of aliphatic imine (C=N–C) groups is 1. The fraction of sp³-hybridized carbons (Fsp3) is 0.357. The van der Waals surface area contributed by atoms with Crippen LogP contribution in [0.2, 0.25) is 0 Å². The summed E-state index contributed by atoms with van der Waals surface area (Å²) in [5, 5.41) is 0. The number of rotatable bonds is 4. The molecule has 0 amide bonds. The van der Waals surface area contributed by atoms with Crippen LogP contribution in [0.5, 0.6) is 5.75 Å². The Bertz CT molecular complexity index is 529. The average molecular weight is 263 g/mol. The van der Waals surface area contributed by atoms with Crippen LogP contribution in [0.25, 0.3) is 0 Å². The highest BCUT2D eigenvalue weighted by Gasteiger charge is 2.42. The number of ether oxygens (including phenoxy) is 1. The van der Waals surface area contributed by atoms with Gasteiger partial charge in [0.05, 0.1) is 24.8 Å². The molecule has 1 unspecified atom stereocenters. The SMILES string of the molecule is C=CCN1C(N)=NCC1(C)c1c(F)cccc1OC. The van der Waals surface area contributed by atoms with Crippen molar-refractivity contribution < 1.29 is 9.13 Å². The van der Waals surface area contributed by atoms with Crippen LogP contribution in [-0.4, -0.2) is 31.1 Å². The molecule has 0 aromatic heterocycles. The van der Waals surface area contributed by atoms with Crippen molar-refractivity contribution >= 4 is 5.96 Å². The lowest BCUT2D eigenvalue weighted by molar-refractivity contribution is 0.228. The van der Waals surface area contributed by atoms with Gasteiger partial charge in [-0.15, -0.1) is 6.58 Å². The Hall–Kier alpha value is -2.04. The number of nitrogens with zero attached hydrogens (tertiary/aromatic N) is 2. The first-order valence-corrected chi connectivity index (χ1v) is 6.06. The smallest absolute Gasteiger partial charge is 0.192 e. The largest absolute Gasteiger partial charge is 0.496 e. The highest BCUT2D eigenvalue weighted by Crippen LogP contribution is 2.39. The van der Waals surface area contributed by atoms with Crippen molar-refractivity contribution in [2.24, 2.45) is 10.7 Å². The number of guanidine groups is 1. The van der Waals surface area contributed by atoms with Gasteiger partial charge in [0.1, 0.15) is 11.6 Å². The summed E-state index contributed by atoms with van der Waals surface area (Å²) in [6, 6.07) is 4.78. The minimum Gasteiger partial charge on any atom is -0.496 e. The van der Waals surface area contributed by atoms with Crippen molar-refractivity contribution in [1.29, 1.82) is 0 Å². The molecule has 1 aromatic rings. The minimum absolute atomic E-state index is 0.319. The van der Waals surface area contributed by atoms with Gasteiger partial charge in [-0.1, -0.05) is 12.1 Å². The zero-order valence-corrected chi connectivity index (χ0v) is 11.2. The molecule has 0 radical (unpaired) electrons. The van der Waals surface area contributed by atoms with Crippen molar-refractivity contribution in [3.63, 3.8) is 0 Å². The van der Waals surface area contributed by atoms with E-state index in [2.05, 4.69) is 11.6 Å². The summed E-state index contributed by atoms with van der Waals surface area (Å²) in [5.41, 5.74) is 5.70. The van der Waals surface area contributed by atoms with E-state index in [9.17, 15) is 4.39 Å². The van der Waals surface area contributed by atoms with E-state index in [-0.39, 0.29) is 5.82 Å². The molecule has 1 aliphatic heterocycles. The molecule has 5 heteroatoms. The van der Waals surface area contributed by atoms with E-state index in [1.165, 1.54) is 13.2 Å². The predicted molar refractivity (Wildman–Crippen MR) is 73.7 cm³/mol. The summed E-state index contributed by atoms with van der Waals surface area (Å²) in [6.07, 6.45) is 1.72. The maximum absolute atomic E-state index is 14.3. The molecule has 1 atom stereocenters. The van der Waals surface area contributed by atoms with Crippen LogP contribution in [-0.2, 0) is 5.54 Å². The number of hydrogen-bond donors (Lipinski definition) is 1. The maximum Gasteiger partial charge on any atom is 0.192 e. The predicted octanol–water partition coefficient (Wildman–Crippen LogP) is 1.87. The van der Waals surface area contributed by atoms with Crippen molar-refractivity contribution in [2.75, 3.05) is 20.2 Å². The molecule has 0 fully saturated rings. The Balaban J connectivity index is 2.54. The van der Waals surface area contributed by atoms with Crippen molar-refractivity contribution in [2.45, 2.75) is 12.5 Å². The van der Waals surface area contributed by atoms with E-state index < -0.39 is 5.54 Å². The van der Waals surface area contributed by atoms with Gasteiger partial charge in [0.2, 0.25) is 0 Å². The summed E-state index contributed by atoms with van der Waals surface area (Å²) >= 11 is 0. The maximum atomic E-state index is 14.3. The van der Waals surface area contributed by atoms with Crippen molar-refractivity contribution in [1.82, 2.24) is 4.90 Å². The Kier molecular flexibility index (Phi) is 3.46. The molecule has 0 bridgehead atoms. The zero-order valence-electron chi connectivity index (χ0n) is 11.2. The third-order valence-corrected chi connectivity index (χ3v) is 3.47. The lowest BCUT2D eigenvalue weighted by Gasteiger charge is -2.36. The van der Waals surface area contributed by atoms with Gasteiger partial charge in [-0.2, -0.15) is 0 Å². The number of hydrogen-bond acceptors (Lipinski definition) is 4. The Labute approximate surface area is 112 Å². The molecule has 0 aliphatic carbocycles. The topological polar surface area (TPSA) is 50.8 Å². The Morgan fingerprint density at radius 2 is 2.37 bits per heavy atom. The minimum atomic E-state index is -0.658. The fourth-order valence-electron chi connectivity index (χ4n) is 2.49. The molecule has 2 N–H and O–H groups in total. The highest BCUT2D eigenvalue weighted by molar-refractivity contribution is 5.81. The Morgan fingerprint density at radius 1 is 1.63 bits per heavy atom. The van der Waals surface area contributed by atoms with Gasteiger partial charge >= 0.3 is 0 Å². The summed E-state index contributed by atoms with van der Waals surface area (Å²) in [6.45, 7) is 6.51. The first-order chi connectivity index (χ1) is 9.04. The first-order valence-electron chi connectivity index (χ1n) is 6.06. The molecular formula is C14H18FN3O. The van der Waals surface area contributed by atoms with E-state index in [1.54, 1.807) is 18.2 Å². The van der Waals surface area contributed by atoms with Crippen LogP contribution in [0, 0.1) is 5.82 Å². The van der Waals surface area contributed by atoms with Gasteiger partial charge in [-0.3, -0.25) is 4.99 Å². The summed E-state index contributed by atoms with van der Waals surface area (Å²) in [4.78, 5) is 6.07. The van der Waals surface area contributed by atoms with E-state index in [0.29, 0.717) is 30.4 Å². The average Bonchev–Trinajstić information content (AvgIpc) is 2.68. The second-order valence-electron chi connectivity index (χ2n) is 4.66. The molecule has 0 saturated heterocycles. The summed E-state index contributed by atoms with van der Waals surface area (Å²) < 4.78 is 19.5. The van der Waals surface area contributed by atoms with Gasteiger partial charge < -0.3 is 15.4 Å². The molecular weight excluding hydrogens is 245 g/mol. The second kappa shape index (κ2) is 4.91. The van der Waals surface area contributed by atoms with Gasteiger partial charge in [-0.05, 0) is 19.1 Å². The molecule has 102 valence electrons. The van der Waals surface area contributed by atoms with Crippen LogP contribution in [0.15, 0.2) is 35.8 Å². The van der Waals surface area contributed by atoms with Gasteiger partial charge in [0.15, 0.2) is 5.96 Å². The van der Waals surface area contributed by atoms with Crippen LogP contribution in [0.4, 0.5) is 4.39 Å². The van der Waals surface area contributed by atoms with E-state index in [1.807, 2.05) is 11.8 Å². The van der Waals surface area contributed by atoms with Gasteiger partial charge in [0, 0.05) is 6.54 Å². The van der Waals surface area contributed by atoms with E-state index in [0.717, 1.165) is 0 Å². The number of benzene rings is 1. The molecule has 19 heavy (non-hydrogen) atoms. The molecule has 2 rings (SSSR count). The van der Waals surface area contributed by atoms with E-state index in [4.69, 9.17) is 10.5 Å². The normalized spacial score (nSPS) is 22.3. The molecule has 1 aromatic carbocycles. The molecule has 1 heterocycles. The second-order valence-corrected chi connectivity index (χ2v) is 4.66. The van der Waals surface area contributed by atoms with Crippen LogP contribution < -0.4 is 10.5 Å². The first kappa shape index (κ1) is 13.4. The molecule has 4 nitrogen and oxygen atoms in total. The van der Waals surface area contributed by atoms with Crippen molar-refractivity contribution in [3.8, 4) is 5.75 Å². The molecule has 1 aliphatic rings. The number of halogens is 1. The Morgan fingerprint density at radius 3 is 3.00 bits per heavy atom. The third-order valence-electron chi connectivity index (χ3n) is 3.47. The number of methoxy groups -OCH3 is 1. The zero-order chi connectivity index (χ0) is 14.0. The third kappa shape index (κ3) is 2.05. The quantitative estimate of drug-likeness (QED) is 0.844. The monoisotopic (exact) mass is 263 g/mol. The van der Waals surface area contributed by atoms with Gasteiger partial charge in [-0.25, -0.2) is 4.39 Å². The lowest BCUT2D eigenvalue weighted by Crippen LogP contribution is -2.48. The molecule has 0 saturated carbocycles. The van der Waals surface area contributed by atoms with Crippen LogP contribution in [0.3, 0.4) is 0 Å². The van der Waals surface area contributed by atoms with Crippen LogP contribution in [0.1, 0.15) is 12.5 Å². The highest BCUT2D eigenvalue weighted by atomic mass is 19.1. The lowest BCUT2D eigenvalue weighted by atomic mass is 9.89. The summed E-state index contributed by atoms with van der Waals surface area (Å²) in [5.74, 6) is 0.579. The van der Waals surface area contributed by atoms with E-state index >= 15 is 0 Å². The fourth-order valence-corrected chi connectivity index (χ4v) is 2.49.